The lowest BCUT2D eigenvalue weighted by Gasteiger charge is -2.12. The summed E-state index contributed by atoms with van der Waals surface area (Å²) in [5.74, 6) is 0. The van der Waals surface area contributed by atoms with Gasteiger partial charge in [0.2, 0.25) is 0 Å². The van der Waals surface area contributed by atoms with E-state index in [2.05, 4.69) is 36.3 Å². The summed E-state index contributed by atoms with van der Waals surface area (Å²) in [7, 11) is 0. The van der Waals surface area contributed by atoms with Crippen molar-refractivity contribution in [1.29, 1.82) is 0 Å². The first-order valence-electron chi connectivity index (χ1n) is 5.69. The molecule has 15 heavy (non-hydrogen) atoms. The minimum absolute atomic E-state index is 0.622. The van der Waals surface area contributed by atoms with Crippen molar-refractivity contribution in [3.05, 3.63) is 35.0 Å². The van der Waals surface area contributed by atoms with Crippen molar-refractivity contribution in [1.82, 2.24) is 5.32 Å². The summed E-state index contributed by atoms with van der Waals surface area (Å²) in [6.45, 7) is 7.01. The summed E-state index contributed by atoms with van der Waals surface area (Å²) >= 11 is 1.82. The molecule has 0 radical (unpaired) electrons. The Morgan fingerprint density at radius 1 is 1.53 bits per heavy atom. The maximum absolute atomic E-state index is 3.73. The highest BCUT2D eigenvalue weighted by Crippen LogP contribution is 2.09. The number of unbranched alkanes of at least 4 members (excludes halogenated alkanes) is 2. The predicted octanol–water partition coefficient (Wildman–Crippen LogP) is 3.97. The van der Waals surface area contributed by atoms with Gasteiger partial charge in [0.25, 0.3) is 0 Å². The molecule has 0 spiro atoms. The Morgan fingerprint density at radius 3 is 3.07 bits per heavy atom. The van der Waals surface area contributed by atoms with Gasteiger partial charge in [0.05, 0.1) is 0 Å². The van der Waals surface area contributed by atoms with Crippen LogP contribution in [0.1, 0.15) is 37.5 Å². The van der Waals surface area contributed by atoms with E-state index in [-0.39, 0.29) is 0 Å². The van der Waals surface area contributed by atoms with E-state index < -0.39 is 0 Å². The Hall–Kier alpha value is -0.600. The molecule has 0 aliphatic heterocycles. The summed E-state index contributed by atoms with van der Waals surface area (Å²) in [5.41, 5.74) is 0. The van der Waals surface area contributed by atoms with Gasteiger partial charge in [-0.05, 0) is 37.6 Å². The zero-order chi connectivity index (χ0) is 10.9. The minimum atomic E-state index is 0.622. The highest BCUT2D eigenvalue weighted by molar-refractivity contribution is 7.09. The molecule has 0 amide bonds. The third-order valence-corrected chi connectivity index (χ3v) is 3.38. The zero-order valence-electron chi connectivity index (χ0n) is 9.54. The predicted molar refractivity (Wildman–Crippen MR) is 69.3 cm³/mol. The smallest absolute Gasteiger partial charge is 0.0302 e. The van der Waals surface area contributed by atoms with Crippen LogP contribution < -0.4 is 5.32 Å². The van der Waals surface area contributed by atoms with Crippen molar-refractivity contribution >= 4 is 11.3 Å². The van der Waals surface area contributed by atoms with Gasteiger partial charge in [0.1, 0.15) is 0 Å². The van der Waals surface area contributed by atoms with E-state index in [4.69, 9.17) is 0 Å². The Balaban J connectivity index is 2.03. The van der Waals surface area contributed by atoms with Crippen molar-refractivity contribution in [3.8, 4) is 0 Å². The standard InChI is InChI=1S/C13H21NS/c1-3-4-5-6-8-12(2)14-11-13-9-7-10-15-13/h3,7,9-10,12,14H,1,4-6,8,11H2,2H3. The first-order valence-corrected chi connectivity index (χ1v) is 6.57. The fourth-order valence-corrected chi connectivity index (χ4v) is 2.18. The molecule has 0 fully saturated rings. The maximum atomic E-state index is 3.73. The number of nitrogens with one attached hydrogen (secondary N) is 1. The van der Waals surface area contributed by atoms with Crippen LogP contribution in [0.25, 0.3) is 0 Å². The summed E-state index contributed by atoms with van der Waals surface area (Å²) < 4.78 is 0. The van der Waals surface area contributed by atoms with Crippen molar-refractivity contribution in [2.24, 2.45) is 0 Å². The first kappa shape index (κ1) is 12.5. The van der Waals surface area contributed by atoms with Gasteiger partial charge >= 0.3 is 0 Å². The molecule has 0 aliphatic carbocycles. The number of thiophene rings is 1. The van der Waals surface area contributed by atoms with E-state index in [0.29, 0.717) is 6.04 Å². The fraction of sp³-hybridized carbons (Fsp3) is 0.538. The molecule has 1 unspecified atom stereocenters. The summed E-state index contributed by atoms with van der Waals surface area (Å²) in [6.07, 6.45) is 6.99. The van der Waals surface area contributed by atoms with Crippen LogP contribution in [-0.2, 0) is 6.54 Å². The number of hydrogen-bond acceptors (Lipinski definition) is 2. The van der Waals surface area contributed by atoms with Crippen molar-refractivity contribution < 1.29 is 0 Å². The van der Waals surface area contributed by atoms with Gasteiger partial charge in [-0.15, -0.1) is 17.9 Å². The third kappa shape index (κ3) is 5.75. The average molecular weight is 223 g/mol. The monoisotopic (exact) mass is 223 g/mol. The maximum Gasteiger partial charge on any atom is 0.0302 e. The quantitative estimate of drug-likeness (QED) is 0.519. The van der Waals surface area contributed by atoms with Crippen LogP contribution in [0.4, 0.5) is 0 Å². The molecule has 0 saturated carbocycles. The van der Waals surface area contributed by atoms with Gasteiger partial charge in [-0.2, -0.15) is 0 Å². The molecule has 0 bridgehead atoms. The van der Waals surface area contributed by atoms with Crippen molar-refractivity contribution in [2.45, 2.75) is 45.2 Å². The van der Waals surface area contributed by atoms with E-state index in [0.717, 1.165) is 13.0 Å². The van der Waals surface area contributed by atoms with Crippen LogP contribution in [0.5, 0.6) is 0 Å². The molecule has 1 N–H and O–H groups in total. The Bertz CT molecular complexity index is 254. The molecule has 0 aliphatic rings. The van der Waals surface area contributed by atoms with E-state index in [1.165, 1.54) is 24.1 Å². The summed E-state index contributed by atoms with van der Waals surface area (Å²) in [4.78, 5) is 1.42. The normalized spacial score (nSPS) is 12.6. The van der Waals surface area contributed by atoms with Crippen LogP contribution in [0, 0.1) is 0 Å². The molecule has 1 aromatic heterocycles. The number of rotatable bonds is 8. The van der Waals surface area contributed by atoms with Crippen LogP contribution in [0.15, 0.2) is 30.2 Å². The lowest BCUT2D eigenvalue weighted by atomic mass is 10.1. The fourth-order valence-electron chi connectivity index (χ4n) is 1.53. The lowest BCUT2D eigenvalue weighted by Crippen LogP contribution is -2.24. The van der Waals surface area contributed by atoms with Gasteiger partial charge < -0.3 is 5.32 Å². The molecule has 0 aromatic carbocycles. The second-order valence-corrected chi connectivity index (χ2v) is 4.97. The summed E-state index contributed by atoms with van der Waals surface area (Å²) in [5, 5.41) is 5.68. The van der Waals surface area contributed by atoms with Crippen LogP contribution in [0.3, 0.4) is 0 Å². The Labute approximate surface area is 97.2 Å². The molecular weight excluding hydrogens is 202 g/mol. The SMILES string of the molecule is C=CCCCCC(C)NCc1cccs1. The molecule has 1 nitrogen and oxygen atoms in total. The Kier molecular flexibility index (Phi) is 6.37. The summed E-state index contributed by atoms with van der Waals surface area (Å²) in [6, 6.07) is 4.91. The molecular formula is C13H21NS. The largest absolute Gasteiger partial charge is 0.309 e. The zero-order valence-corrected chi connectivity index (χ0v) is 10.4. The van der Waals surface area contributed by atoms with E-state index in [9.17, 15) is 0 Å². The lowest BCUT2D eigenvalue weighted by molar-refractivity contribution is 0.492. The first-order chi connectivity index (χ1) is 7.33. The van der Waals surface area contributed by atoms with Gasteiger partial charge in [-0.1, -0.05) is 18.6 Å². The van der Waals surface area contributed by atoms with E-state index in [1.807, 2.05) is 17.4 Å². The van der Waals surface area contributed by atoms with Crippen LogP contribution in [0.2, 0.25) is 0 Å². The minimum Gasteiger partial charge on any atom is -0.309 e. The van der Waals surface area contributed by atoms with Gasteiger partial charge in [0, 0.05) is 17.5 Å². The molecule has 0 saturated heterocycles. The molecule has 1 heterocycles. The molecule has 84 valence electrons. The molecule has 1 atom stereocenters. The Morgan fingerprint density at radius 2 is 2.40 bits per heavy atom. The highest BCUT2D eigenvalue weighted by atomic mass is 32.1. The average Bonchev–Trinajstić information content (AvgIpc) is 2.74. The topological polar surface area (TPSA) is 12.0 Å². The molecule has 1 aromatic rings. The third-order valence-electron chi connectivity index (χ3n) is 2.50. The second kappa shape index (κ2) is 7.66. The van der Waals surface area contributed by atoms with Crippen LogP contribution >= 0.6 is 11.3 Å². The molecule has 1 rings (SSSR count). The number of hydrogen-bond donors (Lipinski definition) is 1. The van der Waals surface area contributed by atoms with E-state index in [1.54, 1.807) is 0 Å². The van der Waals surface area contributed by atoms with Gasteiger partial charge in [-0.25, -0.2) is 0 Å². The van der Waals surface area contributed by atoms with Gasteiger partial charge in [-0.3, -0.25) is 0 Å². The molecule has 2 heteroatoms. The van der Waals surface area contributed by atoms with Crippen molar-refractivity contribution in [3.63, 3.8) is 0 Å². The highest BCUT2D eigenvalue weighted by Gasteiger charge is 2.01. The van der Waals surface area contributed by atoms with E-state index >= 15 is 0 Å². The van der Waals surface area contributed by atoms with Crippen molar-refractivity contribution in [2.75, 3.05) is 0 Å². The second-order valence-electron chi connectivity index (χ2n) is 3.93. The van der Waals surface area contributed by atoms with Gasteiger partial charge in [0.15, 0.2) is 0 Å². The number of allylic oxidation sites excluding steroid dienone is 1. The van der Waals surface area contributed by atoms with Crippen LogP contribution in [-0.4, -0.2) is 6.04 Å².